The SMILES string of the molecule is FC(F)COCCN(C1CC1)C1CCNC1. The number of hydrogen-bond donors (Lipinski definition) is 1. The highest BCUT2D eigenvalue weighted by molar-refractivity contribution is 4.91. The van der Waals surface area contributed by atoms with Gasteiger partial charge in [-0.2, -0.15) is 0 Å². The van der Waals surface area contributed by atoms with Gasteiger partial charge < -0.3 is 10.1 Å². The van der Waals surface area contributed by atoms with Crippen molar-refractivity contribution in [2.45, 2.75) is 37.8 Å². The van der Waals surface area contributed by atoms with Crippen molar-refractivity contribution in [2.75, 3.05) is 32.8 Å². The van der Waals surface area contributed by atoms with Crippen molar-refractivity contribution >= 4 is 0 Å². The van der Waals surface area contributed by atoms with Crippen LogP contribution in [0.2, 0.25) is 0 Å². The van der Waals surface area contributed by atoms with E-state index in [2.05, 4.69) is 10.2 Å². The fraction of sp³-hybridized carbons (Fsp3) is 1.00. The van der Waals surface area contributed by atoms with E-state index in [1.807, 2.05) is 0 Å². The molecule has 1 aliphatic heterocycles. The first-order valence-electron chi connectivity index (χ1n) is 6.09. The van der Waals surface area contributed by atoms with E-state index in [4.69, 9.17) is 4.74 Å². The minimum atomic E-state index is -2.34. The standard InChI is InChI=1S/C11H20F2N2O/c12-11(13)8-16-6-5-15(9-1-2-9)10-3-4-14-7-10/h9-11,14H,1-8H2. The summed E-state index contributed by atoms with van der Waals surface area (Å²) in [5, 5.41) is 3.34. The molecule has 1 aliphatic carbocycles. The van der Waals surface area contributed by atoms with Gasteiger partial charge in [-0.15, -0.1) is 0 Å². The molecular weight excluding hydrogens is 214 g/mol. The van der Waals surface area contributed by atoms with Crippen molar-refractivity contribution in [2.24, 2.45) is 0 Å². The van der Waals surface area contributed by atoms with Crippen LogP contribution < -0.4 is 5.32 Å². The van der Waals surface area contributed by atoms with Gasteiger partial charge in [0, 0.05) is 25.2 Å². The van der Waals surface area contributed by atoms with Crippen LogP contribution in [0.5, 0.6) is 0 Å². The highest BCUT2D eigenvalue weighted by atomic mass is 19.3. The number of nitrogens with one attached hydrogen (secondary N) is 1. The topological polar surface area (TPSA) is 24.5 Å². The minimum Gasteiger partial charge on any atom is -0.374 e. The molecule has 5 heteroatoms. The van der Waals surface area contributed by atoms with Gasteiger partial charge in [0.25, 0.3) is 6.43 Å². The molecule has 1 heterocycles. The van der Waals surface area contributed by atoms with Crippen molar-refractivity contribution < 1.29 is 13.5 Å². The Labute approximate surface area is 95.1 Å². The molecular formula is C11H20F2N2O. The molecule has 0 bridgehead atoms. The zero-order valence-electron chi connectivity index (χ0n) is 9.50. The number of hydrogen-bond acceptors (Lipinski definition) is 3. The Morgan fingerprint density at radius 1 is 1.25 bits per heavy atom. The van der Waals surface area contributed by atoms with Gasteiger partial charge in [-0.1, -0.05) is 0 Å². The van der Waals surface area contributed by atoms with Gasteiger partial charge in [0.2, 0.25) is 0 Å². The number of nitrogens with zero attached hydrogens (tertiary/aromatic N) is 1. The third-order valence-corrected chi connectivity index (χ3v) is 3.26. The van der Waals surface area contributed by atoms with Crippen LogP contribution in [0, 0.1) is 0 Å². The monoisotopic (exact) mass is 234 g/mol. The maximum Gasteiger partial charge on any atom is 0.261 e. The maximum absolute atomic E-state index is 11.9. The molecule has 2 aliphatic rings. The largest absolute Gasteiger partial charge is 0.374 e. The summed E-state index contributed by atoms with van der Waals surface area (Å²) in [6.45, 7) is 2.90. The van der Waals surface area contributed by atoms with Crippen LogP contribution >= 0.6 is 0 Å². The molecule has 1 unspecified atom stereocenters. The van der Waals surface area contributed by atoms with Crippen LogP contribution in [0.15, 0.2) is 0 Å². The van der Waals surface area contributed by atoms with Crippen molar-refractivity contribution in [3.05, 3.63) is 0 Å². The Morgan fingerprint density at radius 3 is 2.62 bits per heavy atom. The molecule has 1 saturated heterocycles. The molecule has 0 amide bonds. The van der Waals surface area contributed by atoms with E-state index in [1.54, 1.807) is 0 Å². The lowest BCUT2D eigenvalue weighted by Crippen LogP contribution is -2.40. The van der Waals surface area contributed by atoms with Crippen molar-refractivity contribution in [3.63, 3.8) is 0 Å². The highest BCUT2D eigenvalue weighted by Crippen LogP contribution is 2.29. The molecule has 94 valence electrons. The van der Waals surface area contributed by atoms with Gasteiger partial charge in [0.15, 0.2) is 0 Å². The molecule has 3 nitrogen and oxygen atoms in total. The maximum atomic E-state index is 11.9. The van der Waals surface area contributed by atoms with E-state index in [1.165, 1.54) is 19.3 Å². The summed E-state index contributed by atoms with van der Waals surface area (Å²) in [5.74, 6) is 0. The Hall–Kier alpha value is -0.260. The lowest BCUT2D eigenvalue weighted by molar-refractivity contribution is 0.00560. The minimum absolute atomic E-state index is 0.428. The zero-order valence-corrected chi connectivity index (χ0v) is 9.50. The van der Waals surface area contributed by atoms with Crippen LogP contribution in [0.4, 0.5) is 8.78 Å². The normalized spacial score (nSPS) is 25.9. The Kier molecular flexibility index (Phi) is 4.49. The summed E-state index contributed by atoms with van der Waals surface area (Å²) in [6.07, 6.45) is 1.34. The smallest absolute Gasteiger partial charge is 0.261 e. The zero-order chi connectivity index (χ0) is 11.4. The van der Waals surface area contributed by atoms with Crippen LogP contribution in [0.3, 0.4) is 0 Å². The van der Waals surface area contributed by atoms with E-state index in [0.29, 0.717) is 18.7 Å². The third kappa shape index (κ3) is 3.64. The Bertz CT molecular complexity index is 206. The molecule has 1 saturated carbocycles. The molecule has 0 aromatic rings. The van der Waals surface area contributed by atoms with Gasteiger partial charge >= 0.3 is 0 Å². The third-order valence-electron chi connectivity index (χ3n) is 3.26. The Morgan fingerprint density at radius 2 is 2.06 bits per heavy atom. The number of ether oxygens (including phenoxy) is 1. The average Bonchev–Trinajstić information content (AvgIpc) is 2.93. The fourth-order valence-corrected chi connectivity index (χ4v) is 2.33. The Balaban J connectivity index is 1.66. The van der Waals surface area contributed by atoms with Crippen molar-refractivity contribution in [3.8, 4) is 0 Å². The second kappa shape index (κ2) is 5.89. The molecule has 0 aromatic carbocycles. The number of halogens is 2. The lowest BCUT2D eigenvalue weighted by Gasteiger charge is -2.28. The van der Waals surface area contributed by atoms with E-state index in [9.17, 15) is 8.78 Å². The number of alkyl halides is 2. The molecule has 1 atom stereocenters. The molecule has 2 rings (SSSR count). The predicted octanol–water partition coefficient (Wildman–Crippen LogP) is 1.09. The molecule has 1 N–H and O–H groups in total. The van der Waals surface area contributed by atoms with E-state index in [-0.39, 0.29) is 0 Å². The fourth-order valence-electron chi connectivity index (χ4n) is 2.33. The first-order chi connectivity index (χ1) is 7.77. The summed E-state index contributed by atoms with van der Waals surface area (Å²) >= 11 is 0. The summed E-state index contributed by atoms with van der Waals surface area (Å²) in [7, 11) is 0. The van der Waals surface area contributed by atoms with Gasteiger partial charge in [0.1, 0.15) is 6.61 Å². The summed E-state index contributed by atoms with van der Waals surface area (Å²) < 4.78 is 28.7. The second-order valence-electron chi connectivity index (χ2n) is 4.58. The van der Waals surface area contributed by atoms with Gasteiger partial charge in [-0.25, -0.2) is 8.78 Å². The molecule has 0 radical (unpaired) electrons. The summed E-state index contributed by atoms with van der Waals surface area (Å²) in [5.41, 5.74) is 0. The quantitative estimate of drug-likeness (QED) is 0.667. The molecule has 16 heavy (non-hydrogen) atoms. The average molecular weight is 234 g/mol. The van der Waals surface area contributed by atoms with Gasteiger partial charge in [-0.05, 0) is 25.8 Å². The molecule has 2 fully saturated rings. The first-order valence-corrected chi connectivity index (χ1v) is 6.09. The van der Waals surface area contributed by atoms with Gasteiger partial charge in [0.05, 0.1) is 6.61 Å². The summed E-state index contributed by atoms with van der Waals surface area (Å²) in [4.78, 5) is 2.44. The van der Waals surface area contributed by atoms with Crippen LogP contribution in [-0.4, -0.2) is 56.3 Å². The van der Waals surface area contributed by atoms with E-state index < -0.39 is 13.0 Å². The predicted molar refractivity (Wildman–Crippen MR) is 57.8 cm³/mol. The van der Waals surface area contributed by atoms with Gasteiger partial charge in [-0.3, -0.25) is 4.90 Å². The molecule has 0 spiro atoms. The lowest BCUT2D eigenvalue weighted by atomic mass is 10.2. The highest BCUT2D eigenvalue weighted by Gasteiger charge is 2.34. The van der Waals surface area contributed by atoms with Crippen LogP contribution in [0.25, 0.3) is 0 Å². The van der Waals surface area contributed by atoms with Crippen LogP contribution in [-0.2, 0) is 4.74 Å². The van der Waals surface area contributed by atoms with Crippen molar-refractivity contribution in [1.29, 1.82) is 0 Å². The van der Waals surface area contributed by atoms with Crippen molar-refractivity contribution in [1.82, 2.24) is 10.2 Å². The van der Waals surface area contributed by atoms with E-state index in [0.717, 1.165) is 19.6 Å². The second-order valence-corrected chi connectivity index (χ2v) is 4.58. The molecule has 0 aromatic heterocycles. The summed E-state index contributed by atoms with van der Waals surface area (Å²) in [6, 6.07) is 1.27. The first kappa shape index (κ1) is 12.2. The van der Waals surface area contributed by atoms with Crippen LogP contribution in [0.1, 0.15) is 19.3 Å². The number of rotatable bonds is 7. The van der Waals surface area contributed by atoms with E-state index >= 15 is 0 Å².